The molecule has 0 radical (unpaired) electrons. The van der Waals surface area contributed by atoms with E-state index in [4.69, 9.17) is 0 Å². The van der Waals surface area contributed by atoms with Crippen LogP contribution in [-0.4, -0.2) is 12.3 Å². The highest BCUT2D eigenvalue weighted by molar-refractivity contribution is 7.99. The Bertz CT molecular complexity index is 591. The molecule has 0 fully saturated rings. The molecule has 0 spiro atoms. The van der Waals surface area contributed by atoms with E-state index < -0.39 is 0 Å². The van der Waals surface area contributed by atoms with Crippen LogP contribution < -0.4 is 5.32 Å². The molecule has 2 atom stereocenters. The minimum Gasteiger partial charge on any atom is -0.310 e. The van der Waals surface area contributed by atoms with Crippen LogP contribution in [-0.2, 0) is 6.42 Å². The van der Waals surface area contributed by atoms with Gasteiger partial charge in [-0.2, -0.15) is 0 Å². The van der Waals surface area contributed by atoms with Crippen molar-refractivity contribution < 1.29 is 0 Å². The molecular weight excluding hydrogens is 274 g/mol. The lowest BCUT2D eigenvalue weighted by Crippen LogP contribution is -2.27. The van der Waals surface area contributed by atoms with Crippen molar-refractivity contribution in [2.24, 2.45) is 0 Å². The van der Waals surface area contributed by atoms with Crippen LogP contribution in [0.25, 0.3) is 0 Å². The van der Waals surface area contributed by atoms with E-state index in [2.05, 4.69) is 67.7 Å². The summed E-state index contributed by atoms with van der Waals surface area (Å²) in [6, 6.07) is 18.4. The highest BCUT2D eigenvalue weighted by atomic mass is 32.2. The summed E-state index contributed by atoms with van der Waals surface area (Å²) in [4.78, 5) is 1.45. The fraction of sp³-hybridized carbons (Fsp3) is 0.368. The SMILES string of the molecule is CCNC(c1ccc(CC)cc1)C1CSc2ccccc21. The Morgan fingerprint density at radius 1 is 1.10 bits per heavy atom. The number of nitrogens with one attached hydrogen (secondary N) is 1. The summed E-state index contributed by atoms with van der Waals surface area (Å²) in [6.45, 7) is 5.41. The Morgan fingerprint density at radius 2 is 1.86 bits per heavy atom. The van der Waals surface area contributed by atoms with Gasteiger partial charge in [-0.25, -0.2) is 0 Å². The standard InChI is InChI=1S/C19H23NS/c1-3-14-9-11-15(12-10-14)19(20-4-2)17-13-21-18-8-6-5-7-16(17)18/h5-12,17,19-20H,3-4,13H2,1-2H3. The van der Waals surface area contributed by atoms with Gasteiger partial charge < -0.3 is 5.32 Å². The van der Waals surface area contributed by atoms with Gasteiger partial charge in [-0.05, 0) is 35.7 Å². The van der Waals surface area contributed by atoms with E-state index in [1.54, 1.807) is 0 Å². The molecule has 1 nitrogen and oxygen atoms in total. The largest absolute Gasteiger partial charge is 0.310 e. The molecule has 0 saturated heterocycles. The van der Waals surface area contributed by atoms with Crippen LogP contribution in [0.1, 0.15) is 42.5 Å². The minimum absolute atomic E-state index is 0.414. The zero-order chi connectivity index (χ0) is 14.7. The number of hydrogen-bond donors (Lipinski definition) is 1. The van der Waals surface area contributed by atoms with Crippen molar-refractivity contribution in [3.05, 3.63) is 65.2 Å². The van der Waals surface area contributed by atoms with Crippen LogP contribution in [0, 0.1) is 0 Å². The average Bonchev–Trinajstić information content (AvgIpc) is 2.97. The van der Waals surface area contributed by atoms with E-state index in [1.165, 1.54) is 27.3 Å². The molecule has 21 heavy (non-hydrogen) atoms. The van der Waals surface area contributed by atoms with Crippen molar-refractivity contribution in [3.63, 3.8) is 0 Å². The Kier molecular flexibility index (Phi) is 4.67. The third kappa shape index (κ3) is 3.02. The quantitative estimate of drug-likeness (QED) is 0.851. The van der Waals surface area contributed by atoms with Crippen LogP contribution in [0.2, 0.25) is 0 Å². The third-order valence-electron chi connectivity index (χ3n) is 4.31. The van der Waals surface area contributed by atoms with Crippen LogP contribution in [0.3, 0.4) is 0 Å². The molecule has 110 valence electrons. The summed E-state index contributed by atoms with van der Waals surface area (Å²) in [5, 5.41) is 3.71. The maximum Gasteiger partial charge on any atom is 0.0398 e. The first-order valence-electron chi connectivity index (χ1n) is 7.87. The normalized spacial score (nSPS) is 18.5. The number of aryl methyl sites for hydroxylation is 1. The van der Waals surface area contributed by atoms with Gasteiger partial charge in [0, 0.05) is 22.6 Å². The summed E-state index contributed by atoms with van der Waals surface area (Å²) in [6.07, 6.45) is 1.11. The molecule has 2 heteroatoms. The lowest BCUT2D eigenvalue weighted by Gasteiger charge is -2.25. The van der Waals surface area contributed by atoms with Crippen molar-refractivity contribution in [1.82, 2.24) is 5.32 Å². The van der Waals surface area contributed by atoms with Crippen LogP contribution >= 0.6 is 11.8 Å². The second-order valence-electron chi connectivity index (χ2n) is 5.59. The predicted molar refractivity (Wildman–Crippen MR) is 92.1 cm³/mol. The fourth-order valence-corrected chi connectivity index (χ4v) is 4.43. The van der Waals surface area contributed by atoms with Crippen molar-refractivity contribution in [3.8, 4) is 0 Å². The zero-order valence-corrected chi connectivity index (χ0v) is 13.6. The second-order valence-corrected chi connectivity index (χ2v) is 6.65. The first-order chi connectivity index (χ1) is 10.3. The van der Waals surface area contributed by atoms with Crippen molar-refractivity contribution in [2.45, 2.75) is 37.1 Å². The molecule has 0 aromatic heterocycles. The van der Waals surface area contributed by atoms with Crippen LogP contribution in [0.4, 0.5) is 0 Å². The molecule has 0 amide bonds. The van der Waals surface area contributed by atoms with E-state index in [9.17, 15) is 0 Å². The topological polar surface area (TPSA) is 12.0 Å². The predicted octanol–water partition coefficient (Wildman–Crippen LogP) is 4.79. The Hall–Kier alpha value is -1.25. The smallest absolute Gasteiger partial charge is 0.0398 e. The van der Waals surface area contributed by atoms with E-state index in [-0.39, 0.29) is 0 Å². The Morgan fingerprint density at radius 3 is 2.57 bits per heavy atom. The molecule has 3 rings (SSSR count). The molecule has 1 heterocycles. The van der Waals surface area contributed by atoms with E-state index >= 15 is 0 Å². The van der Waals surface area contributed by atoms with Crippen LogP contribution in [0.5, 0.6) is 0 Å². The summed E-state index contributed by atoms with van der Waals surface area (Å²) in [5.74, 6) is 1.74. The number of fused-ring (bicyclic) bond motifs is 1. The molecule has 1 aliphatic heterocycles. The molecule has 1 N–H and O–H groups in total. The first-order valence-corrected chi connectivity index (χ1v) is 8.86. The lowest BCUT2D eigenvalue weighted by atomic mass is 9.88. The van der Waals surface area contributed by atoms with Crippen LogP contribution in [0.15, 0.2) is 53.4 Å². The fourth-order valence-electron chi connectivity index (χ4n) is 3.14. The zero-order valence-electron chi connectivity index (χ0n) is 12.8. The van der Waals surface area contributed by atoms with Gasteiger partial charge in [-0.15, -0.1) is 11.8 Å². The Balaban J connectivity index is 1.91. The number of likely N-dealkylation sites (N-methyl/N-ethyl adjacent to an activating group) is 1. The maximum absolute atomic E-state index is 3.71. The van der Waals surface area contributed by atoms with Gasteiger partial charge in [0.25, 0.3) is 0 Å². The number of rotatable bonds is 5. The summed E-state index contributed by atoms with van der Waals surface area (Å²) in [5.41, 5.74) is 4.33. The highest BCUT2D eigenvalue weighted by Gasteiger charge is 2.30. The summed E-state index contributed by atoms with van der Waals surface area (Å²) >= 11 is 1.99. The molecule has 0 aliphatic carbocycles. The van der Waals surface area contributed by atoms with Crippen molar-refractivity contribution in [1.29, 1.82) is 0 Å². The lowest BCUT2D eigenvalue weighted by molar-refractivity contribution is 0.485. The molecule has 2 aromatic carbocycles. The number of hydrogen-bond acceptors (Lipinski definition) is 2. The first kappa shape index (κ1) is 14.7. The van der Waals surface area contributed by atoms with Crippen molar-refractivity contribution in [2.75, 3.05) is 12.3 Å². The molecule has 2 aromatic rings. The van der Waals surface area contributed by atoms with Crippen molar-refractivity contribution >= 4 is 11.8 Å². The van der Waals surface area contributed by atoms with Gasteiger partial charge in [0.2, 0.25) is 0 Å². The van der Waals surface area contributed by atoms with Gasteiger partial charge in [0.15, 0.2) is 0 Å². The van der Waals surface area contributed by atoms with Gasteiger partial charge in [0.05, 0.1) is 0 Å². The van der Waals surface area contributed by atoms with Gasteiger partial charge >= 0.3 is 0 Å². The maximum atomic E-state index is 3.71. The number of benzene rings is 2. The molecular formula is C19H23NS. The third-order valence-corrected chi connectivity index (χ3v) is 5.52. The van der Waals surface area contributed by atoms with Gasteiger partial charge in [-0.1, -0.05) is 56.3 Å². The van der Waals surface area contributed by atoms with Gasteiger partial charge in [-0.3, -0.25) is 0 Å². The van der Waals surface area contributed by atoms with E-state index in [0.717, 1.165) is 13.0 Å². The molecule has 1 aliphatic rings. The molecule has 2 unspecified atom stereocenters. The number of thioether (sulfide) groups is 1. The molecule has 0 saturated carbocycles. The van der Waals surface area contributed by atoms with E-state index in [1.807, 2.05) is 11.8 Å². The minimum atomic E-state index is 0.414. The van der Waals surface area contributed by atoms with E-state index in [0.29, 0.717) is 12.0 Å². The monoisotopic (exact) mass is 297 g/mol. The second kappa shape index (κ2) is 6.67. The van der Waals surface area contributed by atoms with Gasteiger partial charge in [0.1, 0.15) is 0 Å². The summed E-state index contributed by atoms with van der Waals surface area (Å²) in [7, 11) is 0. The highest BCUT2D eigenvalue weighted by Crippen LogP contribution is 2.45. The summed E-state index contributed by atoms with van der Waals surface area (Å²) < 4.78 is 0. The Labute approximate surface area is 132 Å². The molecule has 0 bridgehead atoms. The average molecular weight is 297 g/mol.